The van der Waals surface area contributed by atoms with E-state index in [1.165, 1.54) is 0 Å². The van der Waals surface area contributed by atoms with Crippen LogP contribution in [0.4, 0.5) is 0 Å². The number of hydrogen-bond donors (Lipinski definition) is 3. The maximum absolute atomic E-state index is 12.2. The third-order valence-electron chi connectivity index (χ3n) is 4.12. The first-order valence-corrected chi connectivity index (χ1v) is 7.62. The van der Waals surface area contributed by atoms with Crippen LogP contribution in [0.3, 0.4) is 0 Å². The van der Waals surface area contributed by atoms with Gasteiger partial charge in [-0.15, -0.1) is 0 Å². The number of nitrogens with one attached hydrogen (secondary N) is 2. The Morgan fingerprint density at radius 2 is 2.13 bits per heavy atom. The second kappa shape index (κ2) is 7.17. The average molecular weight is 318 g/mol. The third kappa shape index (κ3) is 3.83. The number of hydrogen-bond acceptors (Lipinski definition) is 3. The van der Waals surface area contributed by atoms with E-state index in [-0.39, 0.29) is 18.2 Å². The Bertz CT molecular complexity index is 708. The summed E-state index contributed by atoms with van der Waals surface area (Å²) in [5.74, 6) is -0.726. The van der Waals surface area contributed by atoms with Crippen molar-refractivity contribution in [1.29, 1.82) is 0 Å². The van der Waals surface area contributed by atoms with E-state index in [1.807, 2.05) is 32.0 Å². The Hall–Kier alpha value is -2.50. The first-order chi connectivity index (χ1) is 11.0. The number of aromatic amines is 1. The molecule has 2 rings (SSSR count). The van der Waals surface area contributed by atoms with Crippen molar-refractivity contribution >= 4 is 22.8 Å². The van der Waals surface area contributed by atoms with Crippen LogP contribution in [-0.4, -0.2) is 35.1 Å². The molecule has 0 fully saturated rings. The Morgan fingerprint density at radius 1 is 1.39 bits per heavy atom. The zero-order chi connectivity index (χ0) is 17.0. The molecule has 0 aliphatic heterocycles. The number of aromatic nitrogens is 1. The summed E-state index contributed by atoms with van der Waals surface area (Å²) in [5.41, 5.74) is 1.72. The highest BCUT2D eigenvalue weighted by Gasteiger charge is 2.25. The topological polar surface area (TPSA) is 91.4 Å². The van der Waals surface area contributed by atoms with Gasteiger partial charge in [-0.2, -0.15) is 0 Å². The second-order valence-corrected chi connectivity index (χ2v) is 5.67. The van der Waals surface area contributed by atoms with E-state index in [0.717, 1.165) is 16.5 Å². The Balaban J connectivity index is 2.15. The Kier molecular flexibility index (Phi) is 5.26. The molecule has 6 heteroatoms. The number of carboxylic acid groups (broad SMARTS) is 1. The van der Waals surface area contributed by atoms with Gasteiger partial charge in [0.1, 0.15) is 11.8 Å². The molecule has 0 spiro atoms. The van der Waals surface area contributed by atoms with Gasteiger partial charge in [0.05, 0.1) is 13.5 Å². The summed E-state index contributed by atoms with van der Waals surface area (Å²) < 4.78 is 5.20. The van der Waals surface area contributed by atoms with Gasteiger partial charge >= 0.3 is 5.97 Å². The zero-order valence-corrected chi connectivity index (χ0v) is 13.6. The number of carbonyl (C=O) groups excluding carboxylic acids is 1. The first-order valence-electron chi connectivity index (χ1n) is 7.62. The number of ether oxygens (including phenoxy) is 1. The first kappa shape index (κ1) is 16.9. The number of amides is 1. The molecule has 0 aliphatic carbocycles. The number of aliphatic carboxylic acids is 1. The number of benzene rings is 1. The molecule has 0 saturated carbocycles. The predicted octanol–water partition coefficient (Wildman–Crippen LogP) is 2.33. The summed E-state index contributed by atoms with van der Waals surface area (Å²) in [6, 6.07) is 4.71. The molecule has 3 N–H and O–H groups in total. The van der Waals surface area contributed by atoms with Gasteiger partial charge in [-0.05, 0) is 29.7 Å². The standard InChI is InChI=1S/C17H22N2O4/c1-4-10(2)16(17(21)22)19-15(20)7-11-9-18-14-6-5-12(23-3)8-13(11)14/h5-6,8-10,16,18H,4,7H2,1-3H3,(H,19,20)(H,21,22). The molecule has 0 saturated heterocycles. The minimum absolute atomic E-state index is 0.118. The van der Waals surface area contributed by atoms with Crippen LogP contribution in [0.1, 0.15) is 25.8 Å². The van der Waals surface area contributed by atoms with E-state index in [2.05, 4.69) is 10.3 Å². The van der Waals surface area contributed by atoms with E-state index in [9.17, 15) is 14.7 Å². The van der Waals surface area contributed by atoms with Crippen LogP contribution in [0.25, 0.3) is 10.9 Å². The molecule has 124 valence electrons. The molecule has 0 radical (unpaired) electrons. The molecule has 23 heavy (non-hydrogen) atoms. The zero-order valence-electron chi connectivity index (χ0n) is 13.6. The summed E-state index contributed by atoms with van der Waals surface area (Å²) in [7, 11) is 1.59. The maximum Gasteiger partial charge on any atom is 0.326 e. The molecular weight excluding hydrogens is 296 g/mol. The van der Waals surface area contributed by atoms with Crippen molar-refractivity contribution in [1.82, 2.24) is 10.3 Å². The molecule has 1 amide bonds. The van der Waals surface area contributed by atoms with Gasteiger partial charge in [-0.25, -0.2) is 4.79 Å². The molecule has 0 aliphatic rings. The lowest BCUT2D eigenvalue weighted by atomic mass is 9.99. The SMILES string of the molecule is CCC(C)C(NC(=O)Cc1c[nH]c2ccc(OC)cc12)C(=O)O. The van der Waals surface area contributed by atoms with Crippen molar-refractivity contribution in [2.45, 2.75) is 32.7 Å². The lowest BCUT2D eigenvalue weighted by molar-refractivity contribution is -0.143. The highest BCUT2D eigenvalue weighted by atomic mass is 16.5. The minimum atomic E-state index is -1.01. The summed E-state index contributed by atoms with van der Waals surface area (Å²) in [5, 5.41) is 12.8. The largest absolute Gasteiger partial charge is 0.497 e. The van der Waals surface area contributed by atoms with E-state index in [1.54, 1.807) is 13.3 Å². The van der Waals surface area contributed by atoms with Crippen LogP contribution in [0, 0.1) is 5.92 Å². The van der Waals surface area contributed by atoms with Crippen LogP contribution in [-0.2, 0) is 16.0 Å². The van der Waals surface area contributed by atoms with Gasteiger partial charge in [-0.1, -0.05) is 20.3 Å². The van der Waals surface area contributed by atoms with Crippen LogP contribution in [0.5, 0.6) is 5.75 Å². The molecule has 2 unspecified atom stereocenters. The van der Waals surface area contributed by atoms with Gasteiger partial charge in [0.25, 0.3) is 0 Å². The fourth-order valence-corrected chi connectivity index (χ4v) is 2.51. The van der Waals surface area contributed by atoms with Gasteiger partial charge in [-0.3, -0.25) is 4.79 Å². The summed E-state index contributed by atoms with van der Waals surface area (Å²) >= 11 is 0. The van der Waals surface area contributed by atoms with E-state index in [0.29, 0.717) is 12.2 Å². The summed E-state index contributed by atoms with van der Waals surface area (Å²) in [6.45, 7) is 3.72. The van der Waals surface area contributed by atoms with Crippen molar-refractivity contribution in [3.63, 3.8) is 0 Å². The molecular formula is C17H22N2O4. The smallest absolute Gasteiger partial charge is 0.326 e. The monoisotopic (exact) mass is 318 g/mol. The van der Waals surface area contributed by atoms with Crippen LogP contribution in [0.15, 0.2) is 24.4 Å². The number of carbonyl (C=O) groups is 2. The molecule has 1 aromatic heterocycles. The van der Waals surface area contributed by atoms with Gasteiger partial charge in [0, 0.05) is 17.1 Å². The number of fused-ring (bicyclic) bond motifs is 1. The van der Waals surface area contributed by atoms with Crippen molar-refractivity contribution in [3.05, 3.63) is 30.0 Å². The number of rotatable bonds is 7. The molecule has 6 nitrogen and oxygen atoms in total. The Labute approximate surface area is 134 Å². The van der Waals surface area contributed by atoms with Crippen LogP contribution in [0.2, 0.25) is 0 Å². The van der Waals surface area contributed by atoms with Crippen molar-refractivity contribution in [2.75, 3.05) is 7.11 Å². The molecule has 2 atom stereocenters. The number of H-pyrrole nitrogens is 1. The maximum atomic E-state index is 12.2. The highest BCUT2D eigenvalue weighted by molar-refractivity contribution is 5.91. The van der Waals surface area contributed by atoms with Gasteiger partial charge < -0.3 is 20.1 Å². The van der Waals surface area contributed by atoms with E-state index in [4.69, 9.17) is 4.74 Å². The molecule has 1 heterocycles. The fraction of sp³-hybridized carbons (Fsp3) is 0.412. The molecule has 2 aromatic rings. The Morgan fingerprint density at radius 3 is 2.74 bits per heavy atom. The van der Waals surface area contributed by atoms with Crippen molar-refractivity contribution < 1.29 is 19.4 Å². The highest BCUT2D eigenvalue weighted by Crippen LogP contribution is 2.24. The normalized spacial score (nSPS) is 13.5. The number of methoxy groups -OCH3 is 1. The average Bonchev–Trinajstić information content (AvgIpc) is 2.93. The second-order valence-electron chi connectivity index (χ2n) is 5.67. The summed E-state index contributed by atoms with van der Waals surface area (Å²) in [4.78, 5) is 26.6. The van der Waals surface area contributed by atoms with E-state index >= 15 is 0 Å². The molecule has 1 aromatic carbocycles. The van der Waals surface area contributed by atoms with Crippen molar-refractivity contribution in [2.24, 2.45) is 5.92 Å². The molecule has 0 bridgehead atoms. The van der Waals surface area contributed by atoms with Gasteiger partial charge in [0.15, 0.2) is 0 Å². The van der Waals surface area contributed by atoms with E-state index < -0.39 is 12.0 Å². The third-order valence-corrected chi connectivity index (χ3v) is 4.12. The predicted molar refractivity (Wildman–Crippen MR) is 87.6 cm³/mol. The van der Waals surface area contributed by atoms with Crippen LogP contribution >= 0.6 is 0 Å². The van der Waals surface area contributed by atoms with Crippen molar-refractivity contribution in [3.8, 4) is 5.75 Å². The lowest BCUT2D eigenvalue weighted by Crippen LogP contribution is -2.45. The quantitative estimate of drug-likeness (QED) is 0.730. The minimum Gasteiger partial charge on any atom is -0.497 e. The van der Waals surface area contributed by atoms with Gasteiger partial charge in [0.2, 0.25) is 5.91 Å². The summed E-state index contributed by atoms with van der Waals surface area (Å²) in [6.07, 6.45) is 2.57. The lowest BCUT2D eigenvalue weighted by Gasteiger charge is -2.20. The number of carboxylic acids is 1. The van der Waals surface area contributed by atoms with Crippen LogP contribution < -0.4 is 10.1 Å². The fourth-order valence-electron chi connectivity index (χ4n) is 2.51.